The predicted octanol–water partition coefficient (Wildman–Crippen LogP) is 4.85. The van der Waals surface area contributed by atoms with Crippen LogP contribution in [0.3, 0.4) is 0 Å². The van der Waals surface area contributed by atoms with Crippen molar-refractivity contribution >= 4 is 21.6 Å². The Balaban J connectivity index is 2.41. The molecule has 0 aliphatic heterocycles. The van der Waals surface area contributed by atoms with E-state index in [0.717, 1.165) is 12.1 Å². The highest BCUT2D eigenvalue weighted by molar-refractivity contribution is 9.10. The molecule has 21 heavy (non-hydrogen) atoms. The summed E-state index contributed by atoms with van der Waals surface area (Å²) in [5.41, 5.74) is -0.583. The second-order valence-corrected chi connectivity index (χ2v) is 5.09. The first kappa shape index (κ1) is 18.1. The van der Waals surface area contributed by atoms with Gasteiger partial charge < -0.3 is 10.1 Å². The first-order valence-electron chi connectivity index (χ1n) is 5.84. The minimum absolute atomic E-state index is 0.132. The molecule has 1 N–H and O–H groups in total. The van der Waals surface area contributed by atoms with Gasteiger partial charge in [-0.15, -0.1) is 0 Å². The lowest BCUT2D eigenvalue weighted by atomic mass is 10.2. The van der Waals surface area contributed by atoms with Crippen molar-refractivity contribution in [2.24, 2.45) is 0 Å². The van der Waals surface area contributed by atoms with E-state index < -0.39 is 24.5 Å². The smallest absolute Gasteiger partial charge is 0.385 e. The number of nitrogens with one attached hydrogen (secondary N) is 1. The zero-order valence-corrected chi connectivity index (χ0v) is 12.2. The van der Waals surface area contributed by atoms with Gasteiger partial charge in [-0.1, -0.05) is 15.9 Å². The fraction of sp³-hybridized carbons (Fsp3) is 0.500. The highest BCUT2D eigenvalue weighted by Crippen LogP contribution is 2.33. The fourth-order valence-corrected chi connectivity index (χ4v) is 1.94. The van der Waals surface area contributed by atoms with E-state index in [2.05, 4.69) is 26.0 Å². The molecule has 120 valence electrons. The lowest BCUT2D eigenvalue weighted by Gasteiger charge is -2.12. The number of ether oxygens (including phenoxy) is 1. The monoisotopic (exact) mass is 379 g/mol. The number of anilines is 1. The fourth-order valence-electron chi connectivity index (χ4n) is 1.45. The quantitative estimate of drug-likeness (QED) is 0.563. The molecule has 0 aliphatic rings. The Morgan fingerprint density at radius 2 is 1.71 bits per heavy atom. The van der Waals surface area contributed by atoms with Crippen LogP contribution in [0.4, 0.5) is 32.0 Å². The van der Waals surface area contributed by atoms with Crippen LogP contribution in [0.5, 0.6) is 0 Å². The summed E-state index contributed by atoms with van der Waals surface area (Å²) in [4.78, 5) is 0. The Kier molecular flexibility index (Phi) is 6.33. The minimum atomic E-state index is -4.46. The van der Waals surface area contributed by atoms with Crippen LogP contribution in [-0.2, 0) is 10.9 Å². The number of halogens is 7. The molecular formula is C12H12BrF6NO. The molecule has 0 heterocycles. The third-order valence-corrected chi connectivity index (χ3v) is 2.74. The van der Waals surface area contributed by atoms with Crippen molar-refractivity contribution < 1.29 is 31.1 Å². The molecule has 0 bridgehead atoms. The Bertz CT molecular complexity index is 460. The average Bonchev–Trinajstić information content (AvgIpc) is 2.30. The summed E-state index contributed by atoms with van der Waals surface area (Å²) in [5, 5.41) is 2.70. The molecule has 9 heteroatoms. The topological polar surface area (TPSA) is 21.3 Å². The first-order valence-corrected chi connectivity index (χ1v) is 6.63. The van der Waals surface area contributed by atoms with Gasteiger partial charge >= 0.3 is 12.4 Å². The third-order valence-electron chi connectivity index (χ3n) is 2.29. The first-order chi connectivity index (χ1) is 9.58. The summed E-state index contributed by atoms with van der Waals surface area (Å²) in [6.45, 7) is -1.26. The Hall–Kier alpha value is -0.960. The van der Waals surface area contributed by atoms with E-state index in [1.54, 1.807) is 0 Å². The van der Waals surface area contributed by atoms with Crippen LogP contribution in [0.25, 0.3) is 0 Å². The Morgan fingerprint density at radius 3 is 2.29 bits per heavy atom. The number of hydrogen-bond acceptors (Lipinski definition) is 2. The number of alkyl halides is 6. The molecular weight excluding hydrogens is 368 g/mol. The van der Waals surface area contributed by atoms with Crippen LogP contribution in [0, 0.1) is 0 Å². The Labute approximate surface area is 125 Å². The van der Waals surface area contributed by atoms with Crippen molar-refractivity contribution in [3.63, 3.8) is 0 Å². The van der Waals surface area contributed by atoms with Crippen LogP contribution in [-0.4, -0.2) is 25.9 Å². The van der Waals surface area contributed by atoms with E-state index in [9.17, 15) is 26.3 Å². The van der Waals surface area contributed by atoms with Crippen LogP contribution in [0.1, 0.15) is 12.0 Å². The SMILES string of the molecule is FC(F)(F)COCCCNc1cc(Br)cc(C(F)(F)F)c1. The second-order valence-electron chi connectivity index (χ2n) is 4.17. The van der Waals surface area contributed by atoms with Crippen molar-refractivity contribution in [3.8, 4) is 0 Å². The highest BCUT2D eigenvalue weighted by Gasteiger charge is 2.31. The maximum Gasteiger partial charge on any atom is 0.416 e. The summed E-state index contributed by atoms with van der Waals surface area (Å²) >= 11 is 2.97. The summed E-state index contributed by atoms with van der Waals surface area (Å²) in [6, 6.07) is 3.32. The molecule has 0 amide bonds. The number of benzene rings is 1. The summed E-state index contributed by atoms with van der Waals surface area (Å²) < 4.78 is 77.7. The molecule has 0 saturated carbocycles. The molecule has 0 atom stereocenters. The average molecular weight is 380 g/mol. The zero-order valence-electron chi connectivity index (χ0n) is 10.6. The van der Waals surface area contributed by atoms with Gasteiger partial charge in [-0.05, 0) is 24.6 Å². The van der Waals surface area contributed by atoms with Gasteiger partial charge in [0, 0.05) is 23.3 Å². The van der Waals surface area contributed by atoms with Gasteiger partial charge in [-0.25, -0.2) is 0 Å². The summed E-state index contributed by atoms with van der Waals surface area (Å²) in [5.74, 6) is 0. The van der Waals surface area contributed by atoms with Gasteiger partial charge in [0.2, 0.25) is 0 Å². The van der Waals surface area contributed by atoms with Gasteiger partial charge in [0.15, 0.2) is 0 Å². The van der Waals surface area contributed by atoms with Crippen molar-refractivity contribution in [2.75, 3.05) is 25.1 Å². The maximum absolute atomic E-state index is 12.6. The molecule has 1 aromatic rings. The van der Waals surface area contributed by atoms with Gasteiger partial charge in [-0.3, -0.25) is 0 Å². The zero-order chi connectivity index (χ0) is 16.1. The molecule has 2 nitrogen and oxygen atoms in total. The lowest BCUT2D eigenvalue weighted by Crippen LogP contribution is -2.18. The number of rotatable bonds is 6. The minimum Gasteiger partial charge on any atom is -0.385 e. The van der Waals surface area contributed by atoms with Crippen LogP contribution >= 0.6 is 15.9 Å². The van der Waals surface area contributed by atoms with Crippen molar-refractivity contribution in [1.29, 1.82) is 0 Å². The molecule has 0 aromatic heterocycles. The molecule has 0 saturated heterocycles. The maximum atomic E-state index is 12.6. The molecule has 0 radical (unpaired) electrons. The number of hydrogen-bond donors (Lipinski definition) is 1. The summed E-state index contributed by atoms with van der Waals surface area (Å²) in [7, 11) is 0. The Morgan fingerprint density at radius 1 is 1.05 bits per heavy atom. The second kappa shape index (κ2) is 7.35. The lowest BCUT2D eigenvalue weighted by molar-refractivity contribution is -0.173. The standard InChI is InChI=1S/C12H12BrF6NO/c13-9-4-8(12(17,18)19)5-10(6-9)20-2-1-3-21-7-11(14,15)16/h4-6,20H,1-3,7H2. The molecule has 1 rings (SSSR count). The van der Waals surface area contributed by atoms with Crippen molar-refractivity contribution in [3.05, 3.63) is 28.2 Å². The van der Waals surface area contributed by atoms with E-state index in [1.807, 2.05) is 0 Å². The van der Waals surface area contributed by atoms with Crippen LogP contribution in [0.2, 0.25) is 0 Å². The van der Waals surface area contributed by atoms with Crippen molar-refractivity contribution in [1.82, 2.24) is 0 Å². The molecule has 0 spiro atoms. The van der Waals surface area contributed by atoms with Crippen molar-refractivity contribution in [2.45, 2.75) is 18.8 Å². The van der Waals surface area contributed by atoms with Crippen LogP contribution in [0.15, 0.2) is 22.7 Å². The van der Waals surface area contributed by atoms with Gasteiger partial charge in [0.25, 0.3) is 0 Å². The van der Waals surface area contributed by atoms with E-state index in [-0.39, 0.29) is 29.7 Å². The highest BCUT2D eigenvalue weighted by atomic mass is 79.9. The molecule has 1 aromatic carbocycles. The van der Waals surface area contributed by atoms with Crippen LogP contribution < -0.4 is 5.32 Å². The largest absolute Gasteiger partial charge is 0.416 e. The molecule has 0 unspecified atom stereocenters. The van der Waals surface area contributed by atoms with Gasteiger partial charge in [0.1, 0.15) is 6.61 Å². The third kappa shape index (κ3) is 7.56. The van der Waals surface area contributed by atoms with Gasteiger partial charge in [-0.2, -0.15) is 26.3 Å². The predicted molar refractivity (Wildman–Crippen MR) is 69.1 cm³/mol. The molecule has 0 aliphatic carbocycles. The van der Waals surface area contributed by atoms with Gasteiger partial charge in [0.05, 0.1) is 5.56 Å². The van der Waals surface area contributed by atoms with E-state index in [1.165, 1.54) is 6.07 Å². The summed E-state index contributed by atoms with van der Waals surface area (Å²) in [6.07, 6.45) is -8.60. The molecule has 0 fully saturated rings. The van der Waals surface area contributed by atoms with E-state index in [0.29, 0.717) is 0 Å². The normalized spacial score (nSPS) is 12.5. The van der Waals surface area contributed by atoms with E-state index >= 15 is 0 Å². The van der Waals surface area contributed by atoms with E-state index in [4.69, 9.17) is 0 Å².